The zero-order chi connectivity index (χ0) is 29.7. The van der Waals surface area contributed by atoms with Crippen LogP contribution in [0.25, 0.3) is 28.2 Å². The number of benzene rings is 4. The Morgan fingerprint density at radius 1 is 0.881 bits per heavy atom. The molecule has 10 nitrogen and oxygen atoms in total. The number of nitrogens with zero attached hydrogens (tertiary/aromatic N) is 3. The summed E-state index contributed by atoms with van der Waals surface area (Å²) >= 11 is 0. The van der Waals surface area contributed by atoms with Crippen LogP contribution in [0.2, 0.25) is 0 Å². The summed E-state index contributed by atoms with van der Waals surface area (Å²) in [7, 11) is -3.03. The van der Waals surface area contributed by atoms with Crippen molar-refractivity contribution < 1.29 is 22.9 Å². The number of carbonyl (C=O) groups is 1. The van der Waals surface area contributed by atoms with Crippen molar-refractivity contribution in [2.45, 2.75) is 4.90 Å². The molecule has 0 aliphatic carbocycles. The zero-order valence-electron chi connectivity index (χ0n) is 22.2. The molecule has 0 bridgehead atoms. The number of sulfonamides is 1. The molecule has 0 saturated heterocycles. The average molecular weight is 581 g/mol. The van der Waals surface area contributed by atoms with Crippen LogP contribution in [-0.2, 0) is 14.8 Å². The van der Waals surface area contributed by atoms with Gasteiger partial charge in [-0.25, -0.2) is 4.79 Å². The van der Waals surface area contributed by atoms with E-state index in [2.05, 4.69) is 9.93 Å². The lowest BCUT2D eigenvalue weighted by atomic mass is 10.1. The van der Waals surface area contributed by atoms with Gasteiger partial charge in [0.05, 0.1) is 35.2 Å². The second kappa shape index (κ2) is 11.9. The zero-order valence-corrected chi connectivity index (χ0v) is 23.1. The van der Waals surface area contributed by atoms with Crippen molar-refractivity contribution in [2.75, 3.05) is 7.11 Å². The summed E-state index contributed by atoms with van der Waals surface area (Å²) in [5.74, 6) is -0.459. The monoisotopic (exact) mass is 580 g/mol. The van der Waals surface area contributed by atoms with E-state index in [-0.39, 0.29) is 0 Å². The molecule has 0 spiro atoms. The fourth-order valence-corrected chi connectivity index (χ4v) is 5.49. The van der Waals surface area contributed by atoms with Crippen molar-refractivity contribution in [1.29, 1.82) is 0 Å². The molecule has 210 valence electrons. The Kier molecular flexibility index (Phi) is 7.93. The molecule has 0 amide bonds. The van der Waals surface area contributed by atoms with Crippen molar-refractivity contribution >= 4 is 27.9 Å². The van der Waals surface area contributed by atoms with Gasteiger partial charge in [-0.3, -0.25) is 10.1 Å². The maximum Gasteiger partial charge on any atom is 0.337 e. The highest BCUT2D eigenvalue weighted by molar-refractivity contribution is 7.89. The minimum Gasteiger partial charge on any atom is -0.465 e. The lowest BCUT2D eigenvalue weighted by Crippen LogP contribution is -2.19. The Labute approximate surface area is 241 Å². The summed E-state index contributed by atoms with van der Waals surface area (Å²) in [6.07, 6.45) is 1.36. The summed E-state index contributed by atoms with van der Waals surface area (Å²) in [5.41, 5.74) is 4.33. The molecule has 1 heterocycles. The number of para-hydroxylation sites is 1. The first-order chi connectivity index (χ1) is 20.3. The van der Waals surface area contributed by atoms with Gasteiger partial charge in [-0.05, 0) is 47.5 Å². The van der Waals surface area contributed by atoms with Crippen molar-refractivity contribution in [3.05, 3.63) is 137 Å². The molecule has 5 rings (SSSR count). The summed E-state index contributed by atoms with van der Waals surface area (Å²) < 4.78 is 32.7. The number of aromatic nitrogens is 1. The standard InChI is InChI=1S/C31H24N4O6S/c1-41-31(36)24-16-18-26(19-17-24)34-28(22-10-4-2-5-11-22)20-25(30(34)23-12-6-3-7-13-23)21-32-33-42(39,40)29-15-9-8-14-27(29)35(37)38/h2-21,33H,1H3/b32-21+. The van der Waals surface area contributed by atoms with Gasteiger partial charge in [0.25, 0.3) is 15.7 Å². The molecule has 1 aromatic heterocycles. The number of ether oxygens (including phenoxy) is 1. The van der Waals surface area contributed by atoms with Gasteiger partial charge in [0.15, 0.2) is 4.90 Å². The van der Waals surface area contributed by atoms with E-state index in [1.54, 1.807) is 24.3 Å². The number of hydrogen-bond acceptors (Lipinski definition) is 7. The SMILES string of the molecule is COC(=O)c1ccc(-n2c(-c3ccccc3)cc(/C=N/NS(=O)(=O)c3ccccc3[N+](=O)[O-])c2-c2ccccc2)cc1. The Balaban J connectivity index is 1.65. The first-order valence-corrected chi connectivity index (χ1v) is 14.1. The van der Waals surface area contributed by atoms with Gasteiger partial charge in [0, 0.05) is 17.3 Å². The third-order valence-corrected chi connectivity index (χ3v) is 7.69. The Bertz CT molecular complexity index is 1890. The lowest BCUT2D eigenvalue weighted by molar-refractivity contribution is -0.387. The van der Waals surface area contributed by atoms with Crippen molar-refractivity contribution in [3.63, 3.8) is 0 Å². The van der Waals surface area contributed by atoms with Crippen molar-refractivity contribution in [3.8, 4) is 28.2 Å². The van der Waals surface area contributed by atoms with Crippen molar-refractivity contribution in [1.82, 2.24) is 9.40 Å². The second-order valence-electron chi connectivity index (χ2n) is 9.02. The highest BCUT2D eigenvalue weighted by atomic mass is 32.2. The molecule has 0 aliphatic heterocycles. The van der Waals surface area contributed by atoms with Crippen LogP contribution in [0, 0.1) is 10.1 Å². The minimum absolute atomic E-state index is 0.391. The summed E-state index contributed by atoms with van der Waals surface area (Å²) in [4.78, 5) is 24.3. The Morgan fingerprint density at radius 2 is 1.48 bits per heavy atom. The third-order valence-electron chi connectivity index (χ3n) is 6.42. The number of methoxy groups -OCH3 is 1. The summed E-state index contributed by atoms with van der Waals surface area (Å²) in [6.45, 7) is 0. The van der Waals surface area contributed by atoms with E-state index in [1.807, 2.05) is 71.3 Å². The molecule has 0 unspecified atom stereocenters. The average Bonchev–Trinajstić information content (AvgIpc) is 3.40. The molecule has 0 atom stereocenters. The molecule has 0 fully saturated rings. The second-order valence-corrected chi connectivity index (χ2v) is 10.6. The third kappa shape index (κ3) is 5.67. The Hall–Kier alpha value is -5.55. The van der Waals surface area contributed by atoms with Crippen LogP contribution in [0.3, 0.4) is 0 Å². The van der Waals surface area contributed by atoms with Crippen LogP contribution in [0.5, 0.6) is 0 Å². The van der Waals surface area contributed by atoms with E-state index in [0.717, 1.165) is 34.6 Å². The first kappa shape index (κ1) is 28.0. The van der Waals surface area contributed by atoms with E-state index in [0.29, 0.717) is 16.8 Å². The maximum atomic E-state index is 13.0. The largest absolute Gasteiger partial charge is 0.465 e. The smallest absolute Gasteiger partial charge is 0.337 e. The molecule has 0 aliphatic rings. The van der Waals surface area contributed by atoms with Crippen LogP contribution in [0.4, 0.5) is 5.69 Å². The quantitative estimate of drug-likeness (QED) is 0.101. The number of hydrogen-bond donors (Lipinski definition) is 1. The van der Waals surface area contributed by atoms with Crippen LogP contribution in [0.15, 0.2) is 125 Å². The Morgan fingerprint density at radius 3 is 2.10 bits per heavy atom. The highest BCUT2D eigenvalue weighted by Gasteiger charge is 2.25. The number of nitrogens with one attached hydrogen (secondary N) is 1. The normalized spacial score (nSPS) is 11.4. The minimum atomic E-state index is -4.35. The first-order valence-electron chi connectivity index (χ1n) is 12.6. The number of carbonyl (C=O) groups excluding carboxylic acids is 1. The molecule has 0 radical (unpaired) electrons. The molecular weight excluding hydrogens is 556 g/mol. The molecule has 42 heavy (non-hydrogen) atoms. The fourth-order valence-electron chi connectivity index (χ4n) is 4.52. The van der Waals surface area contributed by atoms with Crippen LogP contribution in [0.1, 0.15) is 15.9 Å². The van der Waals surface area contributed by atoms with Gasteiger partial charge in [0.1, 0.15) is 0 Å². The fraction of sp³-hybridized carbons (Fsp3) is 0.0323. The van der Waals surface area contributed by atoms with Gasteiger partial charge in [-0.1, -0.05) is 72.8 Å². The molecule has 11 heteroatoms. The molecular formula is C31H24N4O6S. The van der Waals surface area contributed by atoms with E-state index >= 15 is 0 Å². The van der Waals surface area contributed by atoms with Crippen LogP contribution >= 0.6 is 0 Å². The van der Waals surface area contributed by atoms with E-state index in [9.17, 15) is 23.3 Å². The molecule has 5 aromatic rings. The predicted molar refractivity (Wildman–Crippen MR) is 159 cm³/mol. The van der Waals surface area contributed by atoms with Crippen LogP contribution in [-0.4, -0.2) is 37.2 Å². The molecule has 0 saturated carbocycles. The number of nitro benzene ring substituents is 1. The lowest BCUT2D eigenvalue weighted by Gasteiger charge is -2.15. The molecule has 4 aromatic carbocycles. The van der Waals surface area contributed by atoms with E-state index in [4.69, 9.17) is 4.74 Å². The van der Waals surface area contributed by atoms with Gasteiger partial charge < -0.3 is 9.30 Å². The van der Waals surface area contributed by atoms with Gasteiger partial charge in [0.2, 0.25) is 0 Å². The number of esters is 1. The number of nitro groups is 1. The van der Waals surface area contributed by atoms with Crippen LogP contribution < -0.4 is 4.83 Å². The maximum absolute atomic E-state index is 13.0. The number of hydrazone groups is 1. The van der Waals surface area contributed by atoms with E-state index in [1.165, 1.54) is 25.5 Å². The van der Waals surface area contributed by atoms with Gasteiger partial charge in [-0.15, -0.1) is 0 Å². The van der Waals surface area contributed by atoms with E-state index < -0.39 is 31.5 Å². The highest BCUT2D eigenvalue weighted by Crippen LogP contribution is 2.35. The van der Waals surface area contributed by atoms with Crippen molar-refractivity contribution in [2.24, 2.45) is 5.10 Å². The predicted octanol–water partition coefficient (Wildman–Crippen LogP) is 5.82. The summed E-state index contributed by atoms with van der Waals surface area (Å²) in [6, 6.07) is 32.9. The number of rotatable bonds is 9. The van der Waals surface area contributed by atoms with Gasteiger partial charge in [-0.2, -0.15) is 18.4 Å². The summed E-state index contributed by atoms with van der Waals surface area (Å²) in [5, 5.41) is 15.4. The molecule has 1 N–H and O–H groups in total. The van der Waals surface area contributed by atoms with Gasteiger partial charge >= 0.3 is 5.97 Å². The topological polar surface area (TPSA) is 133 Å².